The van der Waals surface area contributed by atoms with Gasteiger partial charge in [0.2, 0.25) is 5.91 Å². The number of para-hydroxylation sites is 1. The molecule has 1 heterocycles. The maximum absolute atomic E-state index is 12.6. The lowest BCUT2D eigenvalue weighted by Crippen LogP contribution is -2.52. The molecule has 0 aromatic heterocycles. The van der Waals surface area contributed by atoms with Gasteiger partial charge in [-0.15, -0.1) is 0 Å². The van der Waals surface area contributed by atoms with Gasteiger partial charge in [-0.3, -0.25) is 14.6 Å². The highest BCUT2D eigenvalue weighted by molar-refractivity contribution is 5.95. The van der Waals surface area contributed by atoms with E-state index in [9.17, 15) is 10.1 Å². The van der Waals surface area contributed by atoms with Crippen molar-refractivity contribution >= 4 is 11.6 Å². The van der Waals surface area contributed by atoms with Crippen LogP contribution in [0.5, 0.6) is 0 Å². The molecule has 1 saturated heterocycles. The van der Waals surface area contributed by atoms with Crippen LogP contribution in [0.4, 0.5) is 5.69 Å². The third kappa shape index (κ3) is 4.73. The minimum atomic E-state index is -0.225. The largest absolute Gasteiger partial charge is 0.324 e. The van der Waals surface area contributed by atoms with Gasteiger partial charge in [-0.05, 0) is 37.1 Å². The normalized spacial score (nSPS) is 16.5. The Morgan fingerprint density at radius 3 is 2.48 bits per heavy atom. The summed E-state index contributed by atoms with van der Waals surface area (Å²) in [7, 11) is 0. The first-order chi connectivity index (χ1) is 13.1. The van der Waals surface area contributed by atoms with E-state index < -0.39 is 0 Å². The fourth-order valence-corrected chi connectivity index (χ4v) is 3.43. The second-order valence-corrected chi connectivity index (χ2v) is 7.06. The molecule has 140 valence electrons. The van der Waals surface area contributed by atoms with Crippen molar-refractivity contribution in [2.75, 3.05) is 31.5 Å². The number of benzene rings is 2. The SMILES string of the molecule is Cc1ccccc1CN1CCN([C@H](C)C(=O)Nc2ccccc2C#N)CC1. The van der Waals surface area contributed by atoms with Gasteiger partial charge in [0, 0.05) is 32.7 Å². The van der Waals surface area contributed by atoms with Gasteiger partial charge in [-0.1, -0.05) is 36.4 Å². The second kappa shape index (κ2) is 8.81. The number of nitrogens with zero attached hydrogens (tertiary/aromatic N) is 3. The average Bonchev–Trinajstić information content (AvgIpc) is 2.70. The molecule has 5 heteroatoms. The Morgan fingerprint density at radius 2 is 1.78 bits per heavy atom. The molecule has 5 nitrogen and oxygen atoms in total. The van der Waals surface area contributed by atoms with Crippen LogP contribution in [0.3, 0.4) is 0 Å². The number of nitrogens with one attached hydrogen (secondary N) is 1. The number of anilines is 1. The summed E-state index contributed by atoms with van der Waals surface area (Å²) in [5.74, 6) is -0.0648. The monoisotopic (exact) mass is 362 g/mol. The van der Waals surface area contributed by atoms with Crippen LogP contribution in [-0.4, -0.2) is 47.9 Å². The lowest BCUT2D eigenvalue weighted by molar-refractivity contribution is -0.121. The number of nitriles is 1. The first-order valence-corrected chi connectivity index (χ1v) is 9.39. The Balaban J connectivity index is 1.53. The van der Waals surface area contributed by atoms with Crippen LogP contribution in [0.2, 0.25) is 0 Å². The predicted octanol–water partition coefficient (Wildman–Crippen LogP) is 3.01. The molecule has 1 N–H and O–H groups in total. The first-order valence-electron chi connectivity index (χ1n) is 9.39. The van der Waals surface area contributed by atoms with Crippen molar-refractivity contribution in [2.45, 2.75) is 26.4 Å². The molecular formula is C22H26N4O. The molecule has 1 fully saturated rings. The summed E-state index contributed by atoms with van der Waals surface area (Å²) in [6.45, 7) is 8.65. The van der Waals surface area contributed by atoms with Crippen molar-refractivity contribution in [1.29, 1.82) is 5.26 Å². The number of rotatable bonds is 5. The van der Waals surface area contributed by atoms with E-state index in [0.29, 0.717) is 11.3 Å². The summed E-state index contributed by atoms with van der Waals surface area (Å²) in [5, 5.41) is 12.1. The zero-order valence-electron chi connectivity index (χ0n) is 16.0. The third-order valence-electron chi connectivity index (χ3n) is 5.29. The summed E-state index contributed by atoms with van der Waals surface area (Å²) in [5.41, 5.74) is 3.75. The Kier molecular flexibility index (Phi) is 6.23. The summed E-state index contributed by atoms with van der Waals surface area (Å²) in [4.78, 5) is 17.3. The lowest BCUT2D eigenvalue weighted by atomic mass is 10.1. The molecule has 0 bridgehead atoms. The van der Waals surface area contributed by atoms with E-state index in [4.69, 9.17) is 0 Å². The van der Waals surface area contributed by atoms with Crippen LogP contribution in [-0.2, 0) is 11.3 Å². The highest BCUT2D eigenvalue weighted by atomic mass is 16.2. The van der Waals surface area contributed by atoms with Crippen molar-refractivity contribution in [2.24, 2.45) is 0 Å². The molecule has 27 heavy (non-hydrogen) atoms. The van der Waals surface area contributed by atoms with Gasteiger partial charge >= 0.3 is 0 Å². The topological polar surface area (TPSA) is 59.4 Å². The Bertz CT molecular complexity index is 834. The highest BCUT2D eigenvalue weighted by Crippen LogP contribution is 2.17. The molecular weight excluding hydrogens is 336 g/mol. The smallest absolute Gasteiger partial charge is 0.241 e. The minimum Gasteiger partial charge on any atom is -0.324 e. The molecule has 0 unspecified atom stereocenters. The summed E-state index contributed by atoms with van der Waals surface area (Å²) in [6.07, 6.45) is 0. The number of hydrogen-bond donors (Lipinski definition) is 1. The van der Waals surface area contributed by atoms with Crippen LogP contribution in [0.1, 0.15) is 23.6 Å². The van der Waals surface area contributed by atoms with E-state index in [-0.39, 0.29) is 11.9 Å². The zero-order chi connectivity index (χ0) is 19.2. The van der Waals surface area contributed by atoms with Gasteiger partial charge in [-0.2, -0.15) is 5.26 Å². The molecule has 0 aliphatic carbocycles. The Hall–Kier alpha value is -2.68. The summed E-state index contributed by atoms with van der Waals surface area (Å²) in [6, 6.07) is 17.5. The van der Waals surface area contributed by atoms with Gasteiger partial charge in [-0.25, -0.2) is 0 Å². The maximum atomic E-state index is 12.6. The minimum absolute atomic E-state index is 0.0648. The van der Waals surface area contributed by atoms with Gasteiger partial charge in [0.15, 0.2) is 0 Å². The fraction of sp³-hybridized carbons (Fsp3) is 0.364. The van der Waals surface area contributed by atoms with E-state index in [1.165, 1.54) is 11.1 Å². The van der Waals surface area contributed by atoms with Gasteiger partial charge < -0.3 is 5.32 Å². The number of hydrogen-bond acceptors (Lipinski definition) is 4. The van der Waals surface area contributed by atoms with Crippen LogP contribution in [0.25, 0.3) is 0 Å². The molecule has 3 rings (SSSR count). The lowest BCUT2D eigenvalue weighted by Gasteiger charge is -2.37. The molecule has 1 aliphatic rings. The fourth-order valence-electron chi connectivity index (χ4n) is 3.43. The number of piperazine rings is 1. The molecule has 1 aliphatic heterocycles. The van der Waals surface area contributed by atoms with Crippen molar-refractivity contribution < 1.29 is 4.79 Å². The molecule has 0 radical (unpaired) electrons. The van der Waals surface area contributed by atoms with E-state index in [1.54, 1.807) is 18.2 Å². The molecule has 1 amide bonds. The van der Waals surface area contributed by atoms with E-state index >= 15 is 0 Å². The standard InChI is InChI=1S/C22H26N4O/c1-17-7-3-4-9-20(17)16-25-11-13-26(14-12-25)18(2)22(27)24-21-10-6-5-8-19(21)15-23/h3-10,18H,11-14,16H2,1-2H3,(H,24,27)/t18-/m1/s1. The molecule has 0 saturated carbocycles. The van der Waals surface area contributed by atoms with Crippen LogP contribution in [0, 0.1) is 18.3 Å². The maximum Gasteiger partial charge on any atom is 0.241 e. The van der Waals surface area contributed by atoms with Crippen molar-refractivity contribution in [3.63, 3.8) is 0 Å². The predicted molar refractivity (Wildman–Crippen MR) is 107 cm³/mol. The number of carbonyl (C=O) groups is 1. The number of aryl methyl sites for hydroxylation is 1. The Morgan fingerprint density at radius 1 is 1.11 bits per heavy atom. The van der Waals surface area contributed by atoms with Gasteiger partial charge in [0.1, 0.15) is 6.07 Å². The summed E-state index contributed by atoms with van der Waals surface area (Å²) >= 11 is 0. The quantitative estimate of drug-likeness (QED) is 0.888. The van der Waals surface area contributed by atoms with Crippen LogP contribution in [0.15, 0.2) is 48.5 Å². The van der Waals surface area contributed by atoms with Crippen molar-refractivity contribution in [3.05, 3.63) is 65.2 Å². The van der Waals surface area contributed by atoms with Crippen molar-refractivity contribution in [3.8, 4) is 6.07 Å². The van der Waals surface area contributed by atoms with E-state index in [0.717, 1.165) is 32.7 Å². The van der Waals surface area contributed by atoms with Gasteiger partial charge in [0.05, 0.1) is 17.3 Å². The third-order valence-corrected chi connectivity index (χ3v) is 5.29. The van der Waals surface area contributed by atoms with Crippen LogP contribution >= 0.6 is 0 Å². The number of carbonyl (C=O) groups excluding carboxylic acids is 1. The second-order valence-electron chi connectivity index (χ2n) is 7.06. The zero-order valence-corrected chi connectivity index (χ0v) is 16.0. The molecule has 2 aromatic carbocycles. The first kappa shape index (κ1) is 19.1. The van der Waals surface area contributed by atoms with Crippen LogP contribution < -0.4 is 5.32 Å². The Labute approximate surface area is 161 Å². The molecule has 1 atom stereocenters. The number of amides is 1. The summed E-state index contributed by atoms with van der Waals surface area (Å²) < 4.78 is 0. The molecule has 0 spiro atoms. The molecule has 2 aromatic rings. The van der Waals surface area contributed by atoms with Crippen molar-refractivity contribution in [1.82, 2.24) is 9.80 Å². The van der Waals surface area contributed by atoms with E-state index in [1.807, 2.05) is 13.0 Å². The average molecular weight is 362 g/mol. The highest BCUT2D eigenvalue weighted by Gasteiger charge is 2.26. The van der Waals surface area contributed by atoms with E-state index in [2.05, 4.69) is 52.4 Å². The van der Waals surface area contributed by atoms with Gasteiger partial charge in [0.25, 0.3) is 0 Å².